The Kier molecular flexibility index (Phi) is 4.31. The summed E-state index contributed by atoms with van der Waals surface area (Å²) in [4.78, 5) is 14.3. The molecule has 0 aromatic rings. The first-order valence-electron chi connectivity index (χ1n) is 7.55. The van der Waals surface area contributed by atoms with Crippen LogP contribution in [0, 0.1) is 5.92 Å². The highest BCUT2D eigenvalue weighted by Gasteiger charge is 2.39. The van der Waals surface area contributed by atoms with E-state index in [-0.39, 0.29) is 11.6 Å². The van der Waals surface area contributed by atoms with Crippen molar-refractivity contribution in [3.05, 3.63) is 0 Å². The van der Waals surface area contributed by atoms with E-state index in [0.717, 1.165) is 25.3 Å². The molecule has 2 fully saturated rings. The molecule has 0 bridgehead atoms. The molecule has 2 aliphatic rings. The minimum absolute atomic E-state index is 0.0378. The van der Waals surface area contributed by atoms with Crippen LogP contribution < -0.4 is 5.73 Å². The maximum absolute atomic E-state index is 12.3. The third-order valence-electron chi connectivity index (χ3n) is 4.69. The van der Waals surface area contributed by atoms with Gasteiger partial charge in [0.1, 0.15) is 0 Å². The molecular weight excluding hydrogens is 224 g/mol. The SMILES string of the molecule is CC1(C)CC(N)CN1C(=O)CCCC1CCCC1. The first-order chi connectivity index (χ1) is 8.49. The molecule has 2 rings (SSSR count). The first-order valence-corrected chi connectivity index (χ1v) is 7.55. The number of hydrogen-bond acceptors (Lipinski definition) is 2. The highest BCUT2D eigenvalue weighted by Crippen LogP contribution is 2.31. The smallest absolute Gasteiger partial charge is 0.223 e. The van der Waals surface area contributed by atoms with E-state index < -0.39 is 0 Å². The lowest BCUT2D eigenvalue weighted by Gasteiger charge is -2.31. The Hall–Kier alpha value is -0.570. The van der Waals surface area contributed by atoms with Gasteiger partial charge in [-0.25, -0.2) is 0 Å². The van der Waals surface area contributed by atoms with Crippen LogP contribution in [0.25, 0.3) is 0 Å². The van der Waals surface area contributed by atoms with E-state index >= 15 is 0 Å². The number of rotatable bonds is 4. The first kappa shape index (κ1) is 13.9. The molecule has 1 saturated heterocycles. The Balaban J connectivity index is 1.74. The van der Waals surface area contributed by atoms with Crippen molar-refractivity contribution in [3.63, 3.8) is 0 Å². The molecule has 0 aromatic carbocycles. The molecule has 0 spiro atoms. The fourth-order valence-electron chi connectivity index (χ4n) is 3.71. The number of amides is 1. The number of nitrogens with two attached hydrogens (primary N) is 1. The zero-order valence-electron chi connectivity index (χ0n) is 12.0. The second kappa shape index (κ2) is 5.60. The summed E-state index contributed by atoms with van der Waals surface area (Å²) in [5, 5.41) is 0. The number of nitrogens with zero attached hydrogens (tertiary/aromatic N) is 1. The molecule has 1 atom stereocenters. The molecule has 0 radical (unpaired) electrons. The summed E-state index contributed by atoms with van der Waals surface area (Å²) >= 11 is 0. The number of carbonyl (C=O) groups is 1. The van der Waals surface area contributed by atoms with Crippen molar-refractivity contribution >= 4 is 5.91 Å². The normalized spacial score (nSPS) is 27.9. The van der Waals surface area contributed by atoms with Crippen LogP contribution in [-0.4, -0.2) is 28.9 Å². The second-order valence-electron chi connectivity index (χ2n) is 6.82. The Morgan fingerprint density at radius 2 is 2.00 bits per heavy atom. The van der Waals surface area contributed by atoms with E-state index in [9.17, 15) is 4.79 Å². The van der Waals surface area contributed by atoms with Crippen molar-refractivity contribution < 1.29 is 4.79 Å². The third kappa shape index (κ3) is 3.25. The van der Waals surface area contributed by atoms with E-state index in [1.807, 2.05) is 4.90 Å². The maximum Gasteiger partial charge on any atom is 0.223 e. The molecular formula is C15H28N2O. The van der Waals surface area contributed by atoms with Gasteiger partial charge in [0.2, 0.25) is 5.91 Å². The van der Waals surface area contributed by atoms with Crippen LogP contribution in [0.3, 0.4) is 0 Å². The molecule has 104 valence electrons. The van der Waals surface area contributed by atoms with Crippen LogP contribution in [-0.2, 0) is 4.79 Å². The van der Waals surface area contributed by atoms with Gasteiger partial charge >= 0.3 is 0 Å². The topological polar surface area (TPSA) is 46.3 Å². The zero-order valence-corrected chi connectivity index (χ0v) is 12.0. The second-order valence-corrected chi connectivity index (χ2v) is 6.82. The van der Waals surface area contributed by atoms with Gasteiger partial charge in [0.25, 0.3) is 0 Å². The van der Waals surface area contributed by atoms with Crippen molar-refractivity contribution in [2.24, 2.45) is 11.7 Å². The lowest BCUT2D eigenvalue weighted by molar-refractivity contribution is -0.134. The van der Waals surface area contributed by atoms with E-state index in [4.69, 9.17) is 5.73 Å². The van der Waals surface area contributed by atoms with Crippen molar-refractivity contribution in [1.29, 1.82) is 0 Å². The Morgan fingerprint density at radius 3 is 2.56 bits per heavy atom. The minimum atomic E-state index is -0.0378. The fourth-order valence-corrected chi connectivity index (χ4v) is 3.71. The van der Waals surface area contributed by atoms with Crippen molar-refractivity contribution in [2.75, 3.05) is 6.54 Å². The van der Waals surface area contributed by atoms with Crippen LogP contribution in [0.1, 0.15) is 65.2 Å². The molecule has 1 heterocycles. The zero-order chi connectivity index (χ0) is 13.2. The lowest BCUT2D eigenvalue weighted by atomic mass is 9.98. The van der Waals surface area contributed by atoms with E-state index in [0.29, 0.717) is 12.3 Å². The van der Waals surface area contributed by atoms with Gasteiger partial charge in [0.15, 0.2) is 0 Å². The van der Waals surface area contributed by atoms with Crippen LogP contribution in [0.2, 0.25) is 0 Å². The van der Waals surface area contributed by atoms with Crippen LogP contribution in [0.5, 0.6) is 0 Å². The molecule has 0 aromatic heterocycles. The van der Waals surface area contributed by atoms with Crippen LogP contribution in [0.4, 0.5) is 0 Å². The van der Waals surface area contributed by atoms with E-state index in [1.165, 1.54) is 32.1 Å². The van der Waals surface area contributed by atoms with Crippen LogP contribution >= 0.6 is 0 Å². The predicted octanol–water partition coefficient (Wildman–Crippen LogP) is 2.69. The molecule has 1 aliphatic heterocycles. The van der Waals surface area contributed by atoms with Gasteiger partial charge in [-0.3, -0.25) is 4.79 Å². The van der Waals surface area contributed by atoms with Gasteiger partial charge in [-0.15, -0.1) is 0 Å². The lowest BCUT2D eigenvalue weighted by Crippen LogP contribution is -2.42. The van der Waals surface area contributed by atoms with Gasteiger partial charge < -0.3 is 10.6 Å². The molecule has 1 saturated carbocycles. The summed E-state index contributed by atoms with van der Waals surface area (Å²) in [7, 11) is 0. The standard InChI is InChI=1S/C15H28N2O/c1-15(2)10-13(16)11-17(15)14(18)9-5-8-12-6-3-4-7-12/h12-13H,3-11,16H2,1-2H3. The molecule has 3 nitrogen and oxygen atoms in total. The highest BCUT2D eigenvalue weighted by atomic mass is 16.2. The summed E-state index contributed by atoms with van der Waals surface area (Å²) in [5.74, 6) is 1.21. The number of likely N-dealkylation sites (tertiary alicyclic amines) is 1. The summed E-state index contributed by atoms with van der Waals surface area (Å²) < 4.78 is 0. The summed E-state index contributed by atoms with van der Waals surface area (Å²) in [6.45, 7) is 5.01. The molecule has 18 heavy (non-hydrogen) atoms. The molecule has 2 N–H and O–H groups in total. The fraction of sp³-hybridized carbons (Fsp3) is 0.933. The monoisotopic (exact) mass is 252 g/mol. The van der Waals surface area contributed by atoms with Gasteiger partial charge in [0.05, 0.1) is 0 Å². The summed E-state index contributed by atoms with van der Waals surface area (Å²) in [6, 6.07) is 0.166. The van der Waals surface area contributed by atoms with Crippen molar-refractivity contribution in [2.45, 2.75) is 76.8 Å². The maximum atomic E-state index is 12.3. The number of hydrogen-bond donors (Lipinski definition) is 1. The molecule has 1 amide bonds. The Labute approximate surface area is 111 Å². The molecule has 3 heteroatoms. The minimum Gasteiger partial charge on any atom is -0.336 e. The quantitative estimate of drug-likeness (QED) is 0.836. The Morgan fingerprint density at radius 1 is 1.33 bits per heavy atom. The van der Waals surface area contributed by atoms with Gasteiger partial charge in [-0.05, 0) is 39.0 Å². The average Bonchev–Trinajstić information content (AvgIpc) is 2.85. The van der Waals surface area contributed by atoms with Crippen LogP contribution in [0.15, 0.2) is 0 Å². The average molecular weight is 252 g/mol. The molecule has 1 aliphatic carbocycles. The van der Waals surface area contributed by atoms with Gasteiger partial charge in [-0.2, -0.15) is 0 Å². The van der Waals surface area contributed by atoms with E-state index in [2.05, 4.69) is 13.8 Å². The van der Waals surface area contributed by atoms with Gasteiger partial charge in [-0.1, -0.05) is 25.7 Å². The largest absolute Gasteiger partial charge is 0.336 e. The van der Waals surface area contributed by atoms with Crippen molar-refractivity contribution in [1.82, 2.24) is 4.90 Å². The Bertz CT molecular complexity index is 295. The number of carbonyl (C=O) groups excluding carboxylic acids is 1. The molecule has 1 unspecified atom stereocenters. The highest BCUT2D eigenvalue weighted by molar-refractivity contribution is 5.77. The van der Waals surface area contributed by atoms with Gasteiger partial charge in [0, 0.05) is 24.5 Å². The summed E-state index contributed by atoms with van der Waals surface area (Å²) in [6.07, 6.45) is 9.51. The van der Waals surface area contributed by atoms with Crippen molar-refractivity contribution in [3.8, 4) is 0 Å². The van der Waals surface area contributed by atoms with E-state index in [1.54, 1.807) is 0 Å². The third-order valence-corrected chi connectivity index (χ3v) is 4.69. The summed E-state index contributed by atoms with van der Waals surface area (Å²) in [5.41, 5.74) is 5.94. The predicted molar refractivity (Wildman–Crippen MR) is 74.2 cm³/mol.